The molecule has 1 aromatic carbocycles. The van der Waals surface area contributed by atoms with E-state index in [1.54, 1.807) is 19.2 Å². The van der Waals surface area contributed by atoms with E-state index in [1.807, 2.05) is 12.1 Å². The van der Waals surface area contributed by atoms with Crippen molar-refractivity contribution < 1.29 is 18.3 Å². The van der Waals surface area contributed by atoms with Crippen LogP contribution in [0.5, 0.6) is 0 Å². The van der Waals surface area contributed by atoms with Gasteiger partial charge in [-0.25, -0.2) is 8.42 Å². The summed E-state index contributed by atoms with van der Waals surface area (Å²) in [5, 5.41) is 11.4. The summed E-state index contributed by atoms with van der Waals surface area (Å²) in [6.07, 6.45) is -0.0576. The van der Waals surface area contributed by atoms with Gasteiger partial charge in [-0.05, 0) is 25.1 Å². The highest BCUT2D eigenvalue weighted by atomic mass is 32.2. The number of anilines is 1. The fourth-order valence-electron chi connectivity index (χ4n) is 1.60. The lowest BCUT2D eigenvalue weighted by atomic mass is 10.2. The molecule has 3 N–H and O–H groups in total. The third-order valence-electron chi connectivity index (χ3n) is 2.45. The molecule has 0 fully saturated rings. The van der Waals surface area contributed by atoms with Crippen LogP contribution < -0.4 is 10.0 Å². The zero-order valence-corrected chi connectivity index (χ0v) is 11.5. The van der Waals surface area contributed by atoms with Gasteiger partial charge in [-0.15, -0.1) is 0 Å². The Morgan fingerprint density at radius 2 is 2.00 bits per heavy atom. The fraction of sp³-hybridized carbons (Fsp3) is 0.417. The van der Waals surface area contributed by atoms with Crippen LogP contribution in [0.25, 0.3) is 0 Å². The molecule has 0 radical (unpaired) electrons. The molecular weight excluding hydrogens is 268 g/mol. The average molecular weight is 286 g/mol. The minimum absolute atomic E-state index is 0.0961. The second kappa shape index (κ2) is 7.10. The fourth-order valence-corrected chi connectivity index (χ4v) is 2.76. The summed E-state index contributed by atoms with van der Waals surface area (Å²) in [4.78, 5) is 10.4. The van der Waals surface area contributed by atoms with Crippen molar-refractivity contribution in [1.29, 1.82) is 0 Å². The summed E-state index contributed by atoms with van der Waals surface area (Å²) in [5.74, 6) is -1.20. The van der Waals surface area contributed by atoms with Gasteiger partial charge in [0, 0.05) is 13.0 Å². The van der Waals surface area contributed by atoms with E-state index in [4.69, 9.17) is 5.11 Å². The number of sulfonamides is 1. The Labute approximate surface area is 112 Å². The topological polar surface area (TPSA) is 95.5 Å². The molecule has 0 saturated heterocycles. The van der Waals surface area contributed by atoms with Crippen LogP contribution in [-0.4, -0.2) is 32.3 Å². The smallest absolute Gasteiger partial charge is 0.303 e. The minimum Gasteiger partial charge on any atom is -0.481 e. The van der Waals surface area contributed by atoms with E-state index in [1.165, 1.54) is 0 Å². The molecule has 0 amide bonds. The number of hydrogen-bond acceptors (Lipinski definition) is 4. The second-order valence-electron chi connectivity index (χ2n) is 4.11. The van der Waals surface area contributed by atoms with Crippen LogP contribution in [-0.2, 0) is 21.4 Å². The summed E-state index contributed by atoms with van der Waals surface area (Å²) in [6.45, 7) is 0.549. The lowest BCUT2D eigenvalue weighted by Gasteiger charge is -2.12. The first kappa shape index (κ1) is 15.5. The molecule has 1 aromatic rings. The molecule has 1 rings (SSSR count). The second-order valence-corrected chi connectivity index (χ2v) is 5.95. The molecule has 0 bridgehead atoms. The van der Waals surface area contributed by atoms with Gasteiger partial charge in [0.1, 0.15) is 0 Å². The van der Waals surface area contributed by atoms with Crippen LogP contribution in [0.4, 0.5) is 5.69 Å². The lowest BCUT2D eigenvalue weighted by molar-refractivity contribution is -0.137. The largest absolute Gasteiger partial charge is 0.481 e. The van der Waals surface area contributed by atoms with Crippen LogP contribution in [0.15, 0.2) is 24.3 Å². The van der Waals surface area contributed by atoms with Gasteiger partial charge in [-0.3, -0.25) is 9.52 Å². The van der Waals surface area contributed by atoms with Crippen molar-refractivity contribution in [2.45, 2.75) is 19.4 Å². The summed E-state index contributed by atoms with van der Waals surface area (Å²) in [7, 11) is -1.74. The van der Waals surface area contributed by atoms with Crippen LogP contribution in [0.3, 0.4) is 0 Å². The minimum atomic E-state index is -3.51. The van der Waals surface area contributed by atoms with E-state index in [2.05, 4.69) is 10.0 Å². The summed E-state index contributed by atoms with van der Waals surface area (Å²) in [6, 6.07) is 7.08. The maximum Gasteiger partial charge on any atom is 0.303 e. The number of carboxylic acids is 1. The number of carboxylic acid groups (broad SMARTS) is 1. The van der Waals surface area contributed by atoms with Gasteiger partial charge >= 0.3 is 5.97 Å². The molecule has 0 heterocycles. The van der Waals surface area contributed by atoms with Gasteiger partial charge in [0.05, 0.1) is 11.4 Å². The van der Waals surface area contributed by atoms with Crippen molar-refractivity contribution in [2.24, 2.45) is 0 Å². The van der Waals surface area contributed by atoms with Gasteiger partial charge < -0.3 is 10.4 Å². The quantitative estimate of drug-likeness (QED) is 0.663. The molecule has 0 spiro atoms. The maximum absolute atomic E-state index is 11.8. The van der Waals surface area contributed by atoms with E-state index in [-0.39, 0.29) is 18.6 Å². The van der Waals surface area contributed by atoms with Gasteiger partial charge in [0.15, 0.2) is 0 Å². The highest BCUT2D eigenvalue weighted by Gasteiger charge is 2.13. The molecule has 0 aliphatic heterocycles. The van der Waals surface area contributed by atoms with Gasteiger partial charge in [-0.1, -0.05) is 18.2 Å². The predicted molar refractivity (Wildman–Crippen MR) is 73.5 cm³/mol. The van der Waals surface area contributed by atoms with Crippen molar-refractivity contribution in [3.8, 4) is 0 Å². The molecule has 7 heteroatoms. The Morgan fingerprint density at radius 1 is 1.32 bits per heavy atom. The van der Waals surface area contributed by atoms with Crippen LogP contribution in [0.1, 0.15) is 18.4 Å². The average Bonchev–Trinajstić information content (AvgIpc) is 2.31. The summed E-state index contributed by atoms with van der Waals surface area (Å²) in [5.41, 5.74) is 1.36. The number of carbonyl (C=O) groups is 1. The highest BCUT2D eigenvalue weighted by molar-refractivity contribution is 7.92. The van der Waals surface area contributed by atoms with Gasteiger partial charge in [0.25, 0.3) is 0 Å². The SMILES string of the molecule is CNCc1ccccc1NS(=O)(=O)CCCC(=O)O. The zero-order valence-electron chi connectivity index (χ0n) is 10.7. The van der Waals surface area contributed by atoms with Gasteiger partial charge in [0.2, 0.25) is 10.0 Å². The van der Waals surface area contributed by atoms with E-state index < -0.39 is 16.0 Å². The molecule has 106 valence electrons. The van der Waals surface area contributed by atoms with E-state index in [9.17, 15) is 13.2 Å². The Morgan fingerprint density at radius 3 is 2.63 bits per heavy atom. The Kier molecular flexibility index (Phi) is 5.78. The van der Waals surface area contributed by atoms with Crippen molar-refractivity contribution in [2.75, 3.05) is 17.5 Å². The highest BCUT2D eigenvalue weighted by Crippen LogP contribution is 2.16. The molecular formula is C12H18N2O4S. The number of para-hydroxylation sites is 1. The molecule has 0 saturated carbocycles. The van der Waals surface area contributed by atoms with Crippen molar-refractivity contribution in [3.05, 3.63) is 29.8 Å². The standard InChI is InChI=1S/C12H18N2O4S/c1-13-9-10-5-2-3-6-11(10)14-19(17,18)8-4-7-12(15)16/h2-3,5-6,13-14H,4,7-9H2,1H3,(H,15,16). The van der Waals surface area contributed by atoms with E-state index in [0.29, 0.717) is 12.2 Å². The number of rotatable bonds is 8. The van der Waals surface area contributed by atoms with Crippen LogP contribution in [0, 0.1) is 0 Å². The van der Waals surface area contributed by atoms with Crippen LogP contribution >= 0.6 is 0 Å². The zero-order chi connectivity index (χ0) is 14.3. The number of benzene rings is 1. The number of hydrogen-bond donors (Lipinski definition) is 3. The first-order valence-corrected chi connectivity index (χ1v) is 7.54. The third kappa shape index (κ3) is 5.71. The maximum atomic E-state index is 11.8. The van der Waals surface area contributed by atoms with E-state index >= 15 is 0 Å². The molecule has 0 unspecified atom stereocenters. The lowest BCUT2D eigenvalue weighted by Crippen LogP contribution is -2.19. The first-order chi connectivity index (χ1) is 8.94. The summed E-state index contributed by atoms with van der Waals surface area (Å²) < 4.78 is 26.1. The number of aliphatic carboxylic acids is 1. The predicted octanol–water partition coefficient (Wildman–Crippen LogP) is 1.01. The molecule has 19 heavy (non-hydrogen) atoms. The van der Waals surface area contributed by atoms with Crippen molar-refractivity contribution in [3.63, 3.8) is 0 Å². The molecule has 0 atom stereocenters. The van der Waals surface area contributed by atoms with Crippen molar-refractivity contribution in [1.82, 2.24) is 5.32 Å². The van der Waals surface area contributed by atoms with Crippen molar-refractivity contribution >= 4 is 21.7 Å². The first-order valence-electron chi connectivity index (χ1n) is 5.89. The molecule has 6 nitrogen and oxygen atoms in total. The molecule has 0 aliphatic rings. The molecule has 0 aliphatic carbocycles. The monoisotopic (exact) mass is 286 g/mol. The third-order valence-corrected chi connectivity index (χ3v) is 3.81. The molecule has 0 aromatic heterocycles. The van der Waals surface area contributed by atoms with Gasteiger partial charge in [-0.2, -0.15) is 0 Å². The van der Waals surface area contributed by atoms with E-state index in [0.717, 1.165) is 5.56 Å². The Hall–Kier alpha value is -1.60. The number of nitrogens with one attached hydrogen (secondary N) is 2. The normalized spacial score (nSPS) is 11.2. The summed E-state index contributed by atoms with van der Waals surface area (Å²) >= 11 is 0. The Balaban J connectivity index is 2.69. The van der Waals surface area contributed by atoms with Crippen LogP contribution in [0.2, 0.25) is 0 Å². The Bertz CT molecular complexity index is 528.